The summed E-state index contributed by atoms with van der Waals surface area (Å²) < 4.78 is 0. The van der Waals surface area contributed by atoms with E-state index in [2.05, 4.69) is 15.5 Å². The third-order valence-corrected chi connectivity index (χ3v) is 6.80. The summed E-state index contributed by atoms with van der Waals surface area (Å²) in [4.78, 5) is 30.7. The second-order valence-corrected chi connectivity index (χ2v) is 9.05. The molecule has 8 nitrogen and oxygen atoms in total. The van der Waals surface area contributed by atoms with Crippen LogP contribution in [0.4, 0.5) is 10.6 Å². The van der Waals surface area contributed by atoms with Crippen molar-refractivity contribution >= 4 is 28.7 Å². The van der Waals surface area contributed by atoms with E-state index in [0.29, 0.717) is 43.3 Å². The molecule has 32 heavy (non-hydrogen) atoms. The Balaban J connectivity index is 1.40. The molecule has 0 atom stereocenters. The van der Waals surface area contributed by atoms with Gasteiger partial charge in [-0.15, -0.1) is 0 Å². The topological polar surface area (TPSA) is 115 Å². The van der Waals surface area contributed by atoms with Crippen molar-refractivity contribution in [3.63, 3.8) is 0 Å². The molecular weight excluding hydrogens is 408 g/mol. The van der Waals surface area contributed by atoms with Crippen molar-refractivity contribution in [1.82, 2.24) is 15.6 Å². The Morgan fingerprint density at radius 1 is 0.969 bits per heavy atom. The SMILES string of the molecule is O=C(O)NC[C@H]1CC[C@H](CNC(=O)c2cc(N3CCC(O)CC3)nc3ccccc23)CC1. The van der Waals surface area contributed by atoms with E-state index in [0.717, 1.165) is 55.5 Å². The van der Waals surface area contributed by atoms with Crippen LogP contribution in [0.3, 0.4) is 0 Å². The lowest BCUT2D eigenvalue weighted by Gasteiger charge is -2.31. The maximum absolute atomic E-state index is 13.2. The number of amides is 2. The minimum Gasteiger partial charge on any atom is -0.465 e. The summed E-state index contributed by atoms with van der Waals surface area (Å²) in [7, 11) is 0. The van der Waals surface area contributed by atoms with Gasteiger partial charge in [0, 0.05) is 31.6 Å². The number of nitrogens with zero attached hydrogens (tertiary/aromatic N) is 2. The molecule has 1 aromatic heterocycles. The van der Waals surface area contributed by atoms with Crippen molar-refractivity contribution < 1.29 is 19.8 Å². The van der Waals surface area contributed by atoms with Gasteiger partial charge in [0.05, 0.1) is 17.2 Å². The first-order chi connectivity index (χ1) is 15.5. The zero-order valence-corrected chi connectivity index (χ0v) is 18.3. The molecule has 2 aliphatic rings. The number of para-hydroxylation sites is 1. The van der Waals surface area contributed by atoms with Crippen LogP contribution < -0.4 is 15.5 Å². The van der Waals surface area contributed by atoms with Crippen molar-refractivity contribution in [3.05, 3.63) is 35.9 Å². The van der Waals surface area contributed by atoms with Crippen LogP contribution >= 0.6 is 0 Å². The second-order valence-electron chi connectivity index (χ2n) is 9.05. The number of carboxylic acid groups (broad SMARTS) is 1. The molecular formula is C24H32N4O4. The summed E-state index contributed by atoms with van der Waals surface area (Å²) in [5, 5.41) is 25.0. The van der Waals surface area contributed by atoms with Gasteiger partial charge in [0.2, 0.25) is 0 Å². The van der Waals surface area contributed by atoms with Gasteiger partial charge in [-0.2, -0.15) is 0 Å². The number of carbonyl (C=O) groups is 2. The molecule has 0 radical (unpaired) electrons. The smallest absolute Gasteiger partial charge is 0.404 e. The highest BCUT2D eigenvalue weighted by molar-refractivity contribution is 6.07. The zero-order chi connectivity index (χ0) is 22.5. The summed E-state index contributed by atoms with van der Waals surface area (Å²) in [6, 6.07) is 9.59. The highest BCUT2D eigenvalue weighted by atomic mass is 16.4. The van der Waals surface area contributed by atoms with E-state index in [9.17, 15) is 14.7 Å². The Bertz CT molecular complexity index is 950. The molecule has 4 rings (SSSR count). The maximum atomic E-state index is 13.2. The van der Waals surface area contributed by atoms with Crippen LogP contribution in [0, 0.1) is 11.8 Å². The summed E-state index contributed by atoms with van der Waals surface area (Å²) >= 11 is 0. The molecule has 2 heterocycles. The highest BCUT2D eigenvalue weighted by Crippen LogP contribution is 2.29. The third kappa shape index (κ3) is 5.48. The van der Waals surface area contributed by atoms with E-state index >= 15 is 0 Å². The first-order valence-corrected chi connectivity index (χ1v) is 11.6. The van der Waals surface area contributed by atoms with E-state index < -0.39 is 6.09 Å². The van der Waals surface area contributed by atoms with Crippen molar-refractivity contribution in [2.24, 2.45) is 11.8 Å². The molecule has 1 saturated heterocycles. The molecule has 2 amide bonds. The van der Waals surface area contributed by atoms with Crippen molar-refractivity contribution in [2.45, 2.75) is 44.6 Å². The van der Waals surface area contributed by atoms with Gasteiger partial charge in [-0.1, -0.05) is 18.2 Å². The molecule has 2 fully saturated rings. The van der Waals surface area contributed by atoms with Crippen LogP contribution in [0.5, 0.6) is 0 Å². The van der Waals surface area contributed by atoms with Gasteiger partial charge in [0.1, 0.15) is 5.82 Å². The first-order valence-electron chi connectivity index (χ1n) is 11.6. The molecule has 0 bridgehead atoms. The van der Waals surface area contributed by atoms with E-state index in [1.807, 2.05) is 30.3 Å². The fourth-order valence-electron chi connectivity index (χ4n) is 4.81. The number of carbonyl (C=O) groups excluding carboxylic acids is 1. The maximum Gasteiger partial charge on any atom is 0.404 e. The van der Waals surface area contributed by atoms with Crippen LogP contribution in [0.1, 0.15) is 48.9 Å². The lowest BCUT2D eigenvalue weighted by atomic mass is 9.82. The lowest BCUT2D eigenvalue weighted by molar-refractivity contribution is 0.0942. The monoisotopic (exact) mass is 440 g/mol. The Hall–Kier alpha value is -2.87. The van der Waals surface area contributed by atoms with Crippen LogP contribution in [0.15, 0.2) is 30.3 Å². The first kappa shape index (κ1) is 22.3. The minimum atomic E-state index is -0.968. The fraction of sp³-hybridized carbons (Fsp3) is 0.542. The Morgan fingerprint density at radius 3 is 2.25 bits per heavy atom. The predicted octanol–water partition coefficient (Wildman–Crippen LogP) is 3.00. The average molecular weight is 441 g/mol. The van der Waals surface area contributed by atoms with Gasteiger partial charge in [-0.25, -0.2) is 9.78 Å². The van der Waals surface area contributed by atoms with Gasteiger partial charge >= 0.3 is 6.09 Å². The van der Waals surface area contributed by atoms with E-state index in [1.54, 1.807) is 0 Å². The molecule has 8 heteroatoms. The lowest BCUT2D eigenvalue weighted by Crippen LogP contribution is -2.37. The Kier molecular flexibility index (Phi) is 7.09. The molecule has 0 unspecified atom stereocenters. The minimum absolute atomic E-state index is 0.0865. The summed E-state index contributed by atoms with van der Waals surface area (Å²) in [6.45, 7) is 2.59. The average Bonchev–Trinajstić information content (AvgIpc) is 2.81. The van der Waals surface area contributed by atoms with E-state index in [4.69, 9.17) is 10.1 Å². The standard InChI is InChI=1S/C24H32N4O4/c29-18-9-11-28(12-10-18)22-13-20(19-3-1-2-4-21(19)27-22)23(30)25-14-16-5-7-17(8-6-16)15-26-24(31)32/h1-4,13,16-18,26,29H,5-12,14-15H2,(H,25,30)(H,31,32)/t16-,17-. The number of aliphatic hydroxyl groups is 1. The summed E-state index contributed by atoms with van der Waals surface area (Å²) in [6.07, 6.45) is 4.12. The van der Waals surface area contributed by atoms with Crippen molar-refractivity contribution in [3.8, 4) is 0 Å². The Morgan fingerprint density at radius 2 is 1.59 bits per heavy atom. The zero-order valence-electron chi connectivity index (χ0n) is 18.3. The number of aliphatic hydroxyl groups excluding tert-OH is 1. The number of anilines is 1. The van der Waals surface area contributed by atoms with Gasteiger partial charge < -0.3 is 25.7 Å². The van der Waals surface area contributed by atoms with Gasteiger partial charge in [0.25, 0.3) is 5.91 Å². The van der Waals surface area contributed by atoms with Crippen molar-refractivity contribution in [1.29, 1.82) is 0 Å². The van der Waals surface area contributed by atoms with Crippen molar-refractivity contribution in [2.75, 3.05) is 31.1 Å². The molecule has 1 aliphatic carbocycles. The highest BCUT2D eigenvalue weighted by Gasteiger charge is 2.24. The molecule has 1 aliphatic heterocycles. The van der Waals surface area contributed by atoms with Crippen LogP contribution in [0.25, 0.3) is 10.9 Å². The number of hydrogen-bond donors (Lipinski definition) is 4. The number of piperidine rings is 1. The number of benzene rings is 1. The van der Waals surface area contributed by atoms with Crippen LogP contribution in [-0.4, -0.2) is 59.5 Å². The third-order valence-electron chi connectivity index (χ3n) is 6.80. The van der Waals surface area contributed by atoms with Crippen LogP contribution in [-0.2, 0) is 0 Å². The molecule has 1 saturated carbocycles. The Labute approximate surface area is 188 Å². The predicted molar refractivity (Wildman–Crippen MR) is 123 cm³/mol. The number of pyridine rings is 1. The van der Waals surface area contributed by atoms with Gasteiger partial charge in [-0.05, 0) is 62.5 Å². The molecule has 4 N–H and O–H groups in total. The summed E-state index contributed by atoms with van der Waals surface area (Å²) in [5.74, 6) is 1.49. The van der Waals surface area contributed by atoms with E-state index in [-0.39, 0.29) is 12.0 Å². The quantitative estimate of drug-likeness (QED) is 0.549. The number of fused-ring (bicyclic) bond motifs is 1. The second kappa shape index (κ2) is 10.2. The molecule has 0 spiro atoms. The van der Waals surface area contributed by atoms with Gasteiger partial charge in [0.15, 0.2) is 0 Å². The van der Waals surface area contributed by atoms with Gasteiger partial charge in [-0.3, -0.25) is 4.79 Å². The number of nitrogens with one attached hydrogen (secondary N) is 2. The van der Waals surface area contributed by atoms with Crippen LogP contribution in [0.2, 0.25) is 0 Å². The largest absolute Gasteiger partial charge is 0.465 e. The molecule has 172 valence electrons. The molecule has 1 aromatic carbocycles. The van der Waals surface area contributed by atoms with E-state index in [1.165, 1.54) is 0 Å². The normalized spacial score (nSPS) is 22.0. The summed E-state index contributed by atoms with van der Waals surface area (Å²) in [5.41, 5.74) is 1.43. The fourth-order valence-corrected chi connectivity index (χ4v) is 4.81. The number of aromatic nitrogens is 1. The molecule has 2 aromatic rings. The number of rotatable bonds is 6. The number of hydrogen-bond acceptors (Lipinski definition) is 5.